The lowest BCUT2D eigenvalue weighted by Gasteiger charge is -2.08. The van der Waals surface area contributed by atoms with Crippen molar-refractivity contribution in [2.45, 2.75) is 0 Å². The van der Waals surface area contributed by atoms with Crippen molar-refractivity contribution >= 4 is 77.2 Å². The third kappa shape index (κ3) is 7.13. The summed E-state index contributed by atoms with van der Waals surface area (Å²) >= 11 is 24.1. The molecule has 0 fully saturated rings. The van der Waals surface area contributed by atoms with Gasteiger partial charge in [0.15, 0.2) is 0 Å². The standard InChI is InChI=1S/C17H15Cl4N5O2.ClH/c1-27-15-9(3-11(18)5-13(15)20)7-23-25-17(22)26-24-8-10-4-12(19)6-14(21)16(10)28-2;/h3-8H,1-2H3,(H3,22,25,26);1H. The lowest BCUT2D eigenvalue weighted by atomic mass is 10.2. The third-order valence-electron chi connectivity index (χ3n) is 3.24. The highest BCUT2D eigenvalue weighted by molar-refractivity contribution is 6.36. The van der Waals surface area contributed by atoms with Crippen LogP contribution >= 0.6 is 58.8 Å². The second-order valence-corrected chi connectivity index (χ2v) is 6.82. The molecule has 0 bridgehead atoms. The van der Waals surface area contributed by atoms with Crippen LogP contribution in [-0.2, 0) is 0 Å². The molecule has 2 aromatic rings. The number of ether oxygens (including phenoxy) is 2. The van der Waals surface area contributed by atoms with Gasteiger partial charge >= 0.3 is 0 Å². The second-order valence-electron chi connectivity index (χ2n) is 5.14. The second kappa shape index (κ2) is 11.9. The average molecular weight is 500 g/mol. The predicted octanol–water partition coefficient (Wildman–Crippen LogP) is 5.22. The van der Waals surface area contributed by atoms with E-state index in [0.717, 1.165) is 0 Å². The molecule has 0 amide bonds. The van der Waals surface area contributed by atoms with Gasteiger partial charge in [0, 0.05) is 21.2 Å². The largest absolute Gasteiger partial charge is 0.495 e. The zero-order chi connectivity index (χ0) is 20.7. The predicted molar refractivity (Wildman–Crippen MR) is 122 cm³/mol. The van der Waals surface area contributed by atoms with E-state index in [1.165, 1.54) is 26.6 Å². The third-order valence-corrected chi connectivity index (χ3v) is 4.24. The van der Waals surface area contributed by atoms with Gasteiger partial charge in [0.1, 0.15) is 11.5 Å². The minimum atomic E-state index is -0.188. The van der Waals surface area contributed by atoms with Crippen LogP contribution < -0.4 is 20.3 Å². The van der Waals surface area contributed by atoms with E-state index in [4.69, 9.17) is 61.3 Å². The van der Waals surface area contributed by atoms with Gasteiger partial charge in [0.25, 0.3) is 0 Å². The number of nitrogens with zero attached hydrogens (tertiary/aromatic N) is 2. The molecule has 2 rings (SSSR count). The molecule has 0 radical (unpaired) electrons. The number of guanidine groups is 1. The molecule has 3 N–H and O–H groups in total. The van der Waals surface area contributed by atoms with E-state index in [2.05, 4.69) is 21.1 Å². The van der Waals surface area contributed by atoms with Crippen molar-refractivity contribution in [2.75, 3.05) is 14.2 Å². The Labute approximate surface area is 193 Å². The number of nitrogens with one attached hydrogen (secondary N) is 3. The highest BCUT2D eigenvalue weighted by Gasteiger charge is 2.09. The van der Waals surface area contributed by atoms with E-state index in [9.17, 15) is 0 Å². The van der Waals surface area contributed by atoms with Crippen molar-refractivity contribution in [3.8, 4) is 11.5 Å². The number of hydrogen-bond donors (Lipinski definition) is 3. The molecule has 0 saturated carbocycles. The fourth-order valence-corrected chi connectivity index (χ4v) is 3.31. The number of methoxy groups -OCH3 is 2. The van der Waals surface area contributed by atoms with Crippen LogP contribution in [0, 0.1) is 5.41 Å². The number of hydrazone groups is 2. The molecule has 156 valence electrons. The van der Waals surface area contributed by atoms with Crippen LogP contribution in [0.25, 0.3) is 0 Å². The molecule has 2 aromatic carbocycles. The highest BCUT2D eigenvalue weighted by atomic mass is 35.5. The molecular formula is C17H16Cl5N5O2. The first-order chi connectivity index (χ1) is 13.3. The zero-order valence-electron chi connectivity index (χ0n) is 15.1. The van der Waals surface area contributed by atoms with Gasteiger partial charge in [-0.1, -0.05) is 46.4 Å². The van der Waals surface area contributed by atoms with Gasteiger partial charge in [-0.3, -0.25) is 5.41 Å². The summed E-state index contributed by atoms with van der Waals surface area (Å²) in [6, 6.07) is 6.37. The summed E-state index contributed by atoms with van der Waals surface area (Å²) in [5.41, 5.74) is 6.01. The van der Waals surface area contributed by atoms with E-state index < -0.39 is 0 Å². The Kier molecular flexibility index (Phi) is 10.4. The van der Waals surface area contributed by atoms with Crippen LogP contribution in [0.5, 0.6) is 11.5 Å². The summed E-state index contributed by atoms with van der Waals surface area (Å²) in [7, 11) is 2.96. The van der Waals surface area contributed by atoms with Gasteiger partial charge in [-0.25, -0.2) is 10.9 Å². The molecule has 0 aromatic heterocycles. The quantitative estimate of drug-likeness (QED) is 0.289. The first kappa shape index (κ1) is 25.1. The molecule has 0 heterocycles. The summed E-state index contributed by atoms with van der Waals surface area (Å²) in [4.78, 5) is 0. The number of hydrogen-bond acceptors (Lipinski definition) is 5. The Balaban J connectivity index is 0.00000420. The summed E-state index contributed by atoms with van der Waals surface area (Å²) in [5.74, 6) is 0.643. The molecule has 7 nitrogen and oxygen atoms in total. The van der Waals surface area contributed by atoms with E-state index in [0.29, 0.717) is 42.7 Å². The number of rotatable bonds is 6. The zero-order valence-corrected chi connectivity index (χ0v) is 18.9. The van der Waals surface area contributed by atoms with Crippen molar-refractivity contribution in [1.29, 1.82) is 5.41 Å². The maximum Gasteiger partial charge on any atom is 0.230 e. The summed E-state index contributed by atoms with van der Waals surface area (Å²) in [5, 5.41) is 17.2. The monoisotopic (exact) mass is 497 g/mol. The van der Waals surface area contributed by atoms with Gasteiger partial charge in [-0.15, -0.1) is 12.4 Å². The molecule has 0 aliphatic carbocycles. The SMILES string of the molecule is COc1c(Cl)cc(Cl)cc1C=NNC(=N)NN=Cc1cc(Cl)cc(Cl)c1OC.Cl. The van der Waals surface area contributed by atoms with E-state index in [1.807, 2.05) is 0 Å². The van der Waals surface area contributed by atoms with Crippen molar-refractivity contribution < 1.29 is 9.47 Å². The lowest BCUT2D eigenvalue weighted by molar-refractivity contribution is 0.414. The molecule has 0 aliphatic heterocycles. The summed E-state index contributed by atoms with van der Waals surface area (Å²) in [6.07, 6.45) is 2.83. The molecular weight excluding hydrogens is 483 g/mol. The Morgan fingerprint density at radius 2 is 1.21 bits per heavy atom. The van der Waals surface area contributed by atoms with Crippen LogP contribution in [0.2, 0.25) is 20.1 Å². The molecule has 0 unspecified atom stereocenters. The molecule has 29 heavy (non-hydrogen) atoms. The Bertz CT molecular complexity index is 863. The maximum atomic E-state index is 7.77. The van der Waals surface area contributed by atoms with Crippen LogP contribution in [0.15, 0.2) is 34.5 Å². The van der Waals surface area contributed by atoms with Gasteiger partial charge in [-0.2, -0.15) is 10.2 Å². The van der Waals surface area contributed by atoms with E-state index in [-0.39, 0.29) is 18.4 Å². The van der Waals surface area contributed by atoms with Crippen molar-refractivity contribution in [3.63, 3.8) is 0 Å². The minimum Gasteiger partial charge on any atom is -0.495 e. The first-order valence-electron chi connectivity index (χ1n) is 7.58. The first-order valence-corrected chi connectivity index (χ1v) is 9.09. The average Bonchev–Trinajstić information content (AvgIpc) is 2.61. The number of benzene rings is 2. The summed E-state index contributed by atoms with van der Waals surface area (Å²) < 4.78 is 10.4. The van der Waals surface area contributed by atoms with Crippen molar-refractivity contribution in [1.82, 2.24) is 10.9 Å². The Morgan fingerprint density at radius 3 is 1.55 bits per heavy atom. The number of halogens is 5. The molecule has 0 aliphatic rings. The maximum absolute atomic E-state index is 7.77. The molecule has 0 spiro atoms. The van der Waals surface area contributed by atoms with Gasteiger partial charge in [-0.05, 0) is 24.3 Å². The van der Waals surface area contributed by atoms with Crippen LogP contribution in [0.3, 0.4) is 0 Å². The smallest absolute Gasteiger partial charge is 0.230 e. The van der Waals surface area contributed by atoms with Crippen LogP contribution in [0.1, 0.15) is 11.1 Å². The van der Waals surface area contributed by atoms with E-state index >= 15 is 0 Å². The van der Waals surface area contributed by atoms with Crippen molar-refractivity contribution in [3.05, 3.63) is 55.5 Å². The topological polar surface area (TPSA) is 91.1 Å². The van der Waals surface area contributed by atoms with Crippen molar-refractivity contribution in [2.24, 2.45) is 10.2 Å². The van der Waals surface area contributed by atoms with Crippen LogP contribution in [0.4, 0.5) is 0 Å². The highest BCUT2D eigenvalue weighted by Crippen LogP contribution is 2.31. The Morgan fingerprint density at radius 1 is 0.828 bits per heavy atom. The van der Waals surface area contributed by atoms with Gasteiger partial charge in [0.05, 0.1) is 36.7 Å². The summed E-state index contributed by atoms with van der Waals surface area (Å²) in [6.45, 7) is 0. The van der Waals surface area contributed by atoms with E-state index in [1.54, 1.807) is 24.3 Å². The molecule has 0 saturated heterocycles. The van der Waals surface area contributed by atoms with Gasteiger partial charge in [0.2, 0.25) is 5.96 Å². The fraction of sp³-hybridized carbons (Fsp3) is 0.118. The molecule has 0 atom stereocenters. The van der Waals surface area contributed by atoms with Gasteiger partial charge < -0.3 is 9.47 Å². The Hall–Kier alpha value is -1.90. The minimum absolute atomic E-state index is 0. The fourth-order valence-electron chi connectivity index (χ4n) is 2.14. The normalized spacial score (nSPS) is 10.7. The van der Waals surface area contributed by atoms with Crippen LogP contribution in [-0.4, -0.2) is 32.6 Å². The molecule has 12 heteroatoms. The lowest BCUT2D eigenvalue weighted by Crippen LogP contribution is -2.29.